The van der Waals surface area contributed by atoms with E-state index >= 15 is 0 Å². The number of benzene rings is 1. The molecule has 3 N–H and O–H groups in total. The summed E-state index contributed by atoms with van der Waals surface area (Å²) in [6.07, 6.45) is 1.42. The highest BCUT2D eigenvalue weighted by Gasteiger charge is 2.08. The van der Waals surface area contributed by atoms with Crippen molar-refractivity contribution >= 4 is 34.7 Å². The summed E-state index contributed by atoms with van der Waals surface area (Å²) in [6.45, 7) is 1.78. The number of aliphatic imine (C=N–C) groups is 1. The third-order valence-corrected chi connectivity index (χ3v) is 2.80. The van der Waals surface area contributed by atoms with Crippen LogP contribution in [0.25, 0.3) is 0 Å². The summed E-state index contributed by atoms with van der Waals surface area (Å²) in [4.78, 5) is 16.0. The Balaban J connectivity index is 2.06. The standard InChI is InChI=1S/C14H14ClN3O2/c1-9-6-10(8-20-9)14(19)18-12-4-2-11(3-5-12)17-13(16)7-15/h2-6,8H,7H2,1H3,(H2,16,17)(H,18,19). The lowest BCUT2D eigenvalue weighted by Gasteiger charge is -2.04. The molecule has 5 nitrogen and oxygen atoms in total. The largest absolute Gasteiger partial charge is 0.469 e. The Morgan fingerprint density at radius 3 is 2.65 bits per heavy atom. The summed E-state index contributed by atoms with van der Waals surface area (Å²) in [7, 11) is 0. The predicted molar refractivity (Wildman–Crippen MR) is 79.8 cm³/mol. The van der Waals surface area contributed by atoms with Crippen molar-refractivity contribution in [3.05, 3.63) is 47.9 Å². The van der Waals surface area contributed by atoms with E-state index in [9.17, 15) is 4.79 Å². The third kappa shape index (κ3) is 3.61. The zero-order valence-corrected chi connectivity index (χ0v) is 11.6. The lowest BCUT2D eigenvalue weighted by molar-refractivity contribution is 0.102. The molecule has 0 radical (unpaired) electrons. The van der Waals surface area contributed by atoms with Crippen molar-refractivity contribution in [3.63, 3.8) is 0 Å². The SMILES string of the molecule is Cc1cc(C(=O)Nc2ccc(N=C(N)CCl)cc2)co1. The first-order valence-corrected chi connectivity index (χ1v) is 6.47. The van der Waals surface area contributed by atoms with Gasteiger partial charge in [0.25, 0.3) is 5.91 Å². The molecule has 20 heavy (non-hydrogen) atoms. The van der Waals surface area contributed by atoms with E-state index < -0.39 is 0 Å². The highest BCUT2D eigenvalue weighted by molar-refractivity contribution is 6.28. The van der Waals surface area contributed by atoms with E-state index in [1.54, 1.807) is 37.3 Å². The van der Waals surface area contributed by atoms with Crippen LogP contribution in [0.3, 0.4) is 0 Å². The van der Waals surface area contributed by atoms with Gasteiger partial charge in [-0.25, -0.2) is 4.99 Å². The lowest BCUT2D eigenvalue weighted by Crippen LogP contribution is -2.12. The average Bonchev–Trinajstić information content (AvgIpc) is 2.87. The predicted octanol–water partition coefficient (Wildman–Crippen LogP) is 3.07. The molecule has 2 rings (SSSR count). The first-order chi connectivity index (χ1) is 9.58. The summed E-state index contributed by atoms with van der Waals surface area (Å²) in [5.74, 6) is 0.991. The van der Waals surface area contributed by atoms with Gasteiger partial charge in [0.15, 0.2) is 0 Å². The number of anilines is 1. The molecule has 2 aromatic rings. The fourth-order valence-corrected chi connectivity index (χ4v) is 1.64. The van der Waals surface area contributed by atoms with Gasteiger partial charge in [-0.15, -0.1) is 11.6 Å². The van der Waals surface area contributed by atoms with Gasteiger partial charge in [0, 0.05) is 5.69 Å². The number of furan rings is 1. The van der Waals surface area contributed by atoms with Gasteiger partial charge in [-0.1, -0.05) is 0 Å². The number of hydrogen-bond donors (Lipinski definition) is 2. The highest BCUT2D eigenvalue weighted by Crippen LogP contribution is 2.17. The number of nitrogens with zero attached hydrogens (tertiary/aromatic N) is 1. The van der Waals surface area contributed by atoms with Crippen molar-refractivity contribution < 1.29 is 9.21 Å². The first-order valence-electron chi connectivity index (χ1n) is 5.94. The molecule has 1 aromatic heterocycles. The third-order valence-electron chi connectivity index (χ3n) is 2.53. The normalized spacial score (nSPS) is 11.4. The van der Waals surface area contributed by atoms with E-state index in [-0.39, 0.29) is 11.8 Å². The van der Waals surface area contributed by atoms with Crippen LogP contribution < -0.4 is 11.1 Å². The van der Waals surface area contributed by atoms with Gasteiger partial charge in [0.1, 0.15) is 17.9 Å². The van der Waals surface area contributed by atoms with Crippen molar-refractivity contribution in [2.45, 2.75) is 6.92 Å². The second kappa shape index (κ2) is 6.25. The van der Waals surface area contributed by atoms with E-state index in [1.165, 1.54) is 6.26 Å². The Kier molecular flexibility index (Phi) is 4.42. The number of amides is 1. The number of aryl methyl sites for hydroxylation is 1. The number of nitrogens with one attached hydrogen (secondary N) is 1. The van der Waals surface area contributed by atoms with Gasteiger partial charge in [-0.3, -0.25) is 4.79 Å². The van der Waals surface area contributed by atoms with Gasteiger partial charge in [-0.2, -0.15) is 0 Å². The number of rotatable bonds is 4. The van der Waals surface area contributed by atoms with E-state index in [1.807, 2.05) is 0 Å². The Labute approximate surface area is 121 Å². The van der Waals surface area contributed by atoms with Gasteiger partial charge < -0.3 is 15.5 Å². The number of hydrogen-bond acceptors (Lipinski definition) is 3. The molecule has 0 bridgehead atoms. The van der Waals surface area contributed by atoms with Gasteiger partial charge in [0.05, 0.1) is 17.1 Å². The molecule has 0 atom stereocenters. The molecule has 0 fully saturated rings. The van der Waals surface area contributed by atoms with E-state index in [0.29, 0.717) is 28.5 Å². The molecule has 1 heterocycles. The summed E-state index contributed by atoms with van der Waals surface area (Å²) >= 11 is 5.55. The number of amidine groups is 1. The van der Waals surface area contributed by atoms with E-state index in [2.05, 4.69) is 10.3 Å². The van der Waals surface area contributed by atoms with Crippen LogP contribution in [0.5, 0.6) is 0 Å². The lowest BCUT2D eigenvalue weighted by atomic mass is 10.2. The molecule has 0 aliphatic carbocycles. The van der Waals surface area contributed by atoms with Crippen LogP contribution in [-0.2, 0) is 0 Å². The molecule has 0 spiro atoms. The Morgan fingerprint density at radius 1 is 1.40 bits per heavy atom. The molecule has 0 unspecified atom stereocenters. The van der Waals surface area contributed by atoms with Crippen molar-refractivity contribution in [2.24, 2.45) is 10.7 Å². The highest BCUT2D eigenvalue weighted by atomic mass is 35.5. The molecule has 0 saturated heterocycles. The maximum absolute atomic E-state index is 11.9. The molecule has 0 aliphatic rings. The second-order valence-corrected chi connectivity index (χ2v) is 4.45. The Morgan fingerprint density at radius 2 is 2.10 bits per heavy atom. The number of alkyl halides is 1. The van der Waals surface area contributed by atoms with Crippen molar-refractivity contribution in [1.29, 1.82) is 0 Å². The van der Waals surface area contributed by atoms with E-state index in [4.69, 9.17) is 21.8 Å². The second-order valence-electron chi connectivity index (χ2n) is 4.18. The molecule has 0 saturated carbocycles. The van der Waals surface area contributed by atoms with Crippen LogP contribution in [-0.4, -0.2) is 17.6 Å². The van der Waals surface area contributed by atoms with Crippen LogP contribution in [0.1, 0.15) is 16.1 Å². The number of nitrogens with two attached hydrogens (primary N) is 1. The first kappa shape index (κ1) is 14.1. The van der Waals surface area contributed by atoms with Crippen LogP contribution in [0, 0.1) is 6.92 Å². The zero-order chi connectivity index (χ0) is 14.5. The minimum atomic E-state index is -0.224. The van der Waals surface area contributed by atoms with Crippen LogP contribution in [0.2, 0.25) is 0 Å². The van der Waals surface area contributed by atoms with Gasteiger partial charge in [0.2, 0.25) is 0 Å². The fourth-order valence-electron chi connectivity index (χ4n) is 1.58. The topological polar surface area (TPSA) is 80.6 Å². The molecule has 6 heteroatoms. The molecule has 0 aliphatic heterocycles. The smallest absolute Gasteiger partial charge is 0.258 e. The van der Waals surface area contributed by atoms with Crippen LogP contribution in [0.15, 0.2) is 46.0 Å². The van der Waals surface area contributed by atoms with Crippen LogP contribution in [0.4, 0.5) is 11.4 Å². The number of halogens is 1. The van der Waals surface area contributed by atoms with Crippen molar-refractivity contribution in [1.82, 2.24) is 0 Å². The quantitative estimate of drug-likeness (QED) is 0.516. The Bertz CT molecular complexity index is 632. The zero-order valence-electron chi connectivity index (χ0n) is 10.9. The van der Waals surface area contributed by atoms with E-state index in [0.717, 1.165) is 0 Å². The molecule has 104 valence electrons. The Hall–Kier alpha value is -2.27. The molecule has 1 amide bonds. The van der Waals surface area contributed by atoms with Crippen molar-refractivity contribution in [3.8, 4) is 0 Å². The monoisotopic (exact) mass is 291 g/mol. The number of carbonyl (C=O) groups excluding carboxylic acids is 1. The van der Waals surface area contributed by atoms with Gasteiger partial charge >= 0.3 is 0 Å². The summed E-state index contributed by atoms with van der Waals surface area (Å²) in [5.41, 5.74) is 7.37. The van der Waals surface area contributed by atoms with Gasteiger partial charge in [-0.05, 0) is 37.3 Å². The minimum absolute atomic E-state index is 0.179. The summed E-state index contributed by atoms with van der Waals surface area (Å²) < 4.78 is 5.09. The summed E-state index contributed by atoms with van der Waals surface area (Å²) in [5, 5.41) is 2.76. The fraction of sp³-hybridized carbons (Fsp3) is 0.143. The number of carbonyl (C=O) groups is 1. The average molecular weight is 292 g/mol. The minimum Gasteiger partial charge on any atom is -0.469 e. The summed E-state index contributed by atoms with van der Waals surface area (Å²) in [6, 6.07) is 8.65. The van der Waals surface area contributed by atoms with Crippen molar-refractivity contribution in [2.75, 3.05) is 11.2 Å². The molecule has 1 aromatic carbocycles. The maximum atomic E-state index is 11.9. The maximum Gasteiger partial charge on any atom is 0.258 e. The molecular formula is C14H14ClN3O2. The molecular weight excluding hydrogens is 278 g/mol. The van der Waals surface area contributed by atoms with Crippen LogP contribution >= 0.6 is 11.6 Å².